The molecule has 1 aliphatic carbocycles. The molecule has 1 unspecified atom stereocenters. The van der Waals surface area contributed by atoms with Gasteiger partial charge in [0.1, 0.15) is 6.67 Å². The number of carboxylic acid groups (broad SMARTS) is 1. The van der Waals surface area contributed by atoms with E-state index in [1.165, 1.54) is 34.3 Å². The highest BCUT2D eigenvalue weighted by Crippen LogP contribution is 2.38. The molecule has 2 aliphatic heterocycles. The number of anilines is 1. The number of alkyl halides is 1. The van der Waals surface area contributed by atoms with Crippen LogP contribution in [0, 0.1) is 5.92 Å². The maximum atomic E-state index is 13.5. The second-order valence-corrected chi connectivity index (χ2v) is 12.5. The van der Waals surface area contributed by atoms with Gasteiger partial charge in [-0.1, -0.05) is 6.07 Å². The molecular weight excluding hydrogens is 563 g/mol. The molecule has 2 amide bonds. The number of hydrogen-bond donors (Lipinski definition) is 2. The second kappa shape index (κ2) is 11.4. The van der Waals surface area contributed by atoms with Gasteiger partial charge in [-0.25, -0.2) is 14.2 Å². The van der Waals surface area contributed by atoms with Crippen molar-refractivity contribution in [2.45, 2.75) is 50.8 Å². The minimum Gasteiger partial charge on any atom is -0.465 e. The Morgan fingerprint density at radius 3 is 2.61 bits per heavy atom. The fourth-order valence-electron chi connectivity index (χ4n) is 6.92. The smallest absolute Gasteiger partial charge is 0.405 e. The summed E-state index contributed by atoms with van der Waals surface area (Å²) >= 11 is 0. The normalized spacial score (nSPS) is 18.3. The Bertz CT molecular complexity index is 1740. The number of aryl methyl sites for hydroxylation is 1. The van der Waals surface area contributed by atoms with Crippen molar-refractivity contribution in [1.82, 2.24) is 24.3 Å². The minimum atomic E-state index is -1.30. The molecule has 2 fully saturated rings. The summed E-state index contributed by atoms with van der Waals surface area (Å²) in [6, 6.07) is 11.9. The monoisotopic (exact) mass is 602 g/mol. The maximum absolute atomic E-state index is 13.5. The topological polar surface area (TPSA) is 105 Å². The van der Waals surface area contributed by atoms with Gasteiger partial charge in [-0.15, -0.1) is 0 Å². The number of carbonyl (C=O) groups is 2. The van der Waals surface area contributed by atoms with Gasteiger partial charge in [0.05, 0.1) is 34.4 Å². The molecule has 44 heavy (non-hydrogen) atoms. The average Bonchev–Trinajstić information content (AvgIpc) is 3.71. The number of benzene rings is 2. The minimum absolute atomic E-state index is 0.0137. The van der Waals surface area contributed by atoms with Crippen LogP contribution in [0.4, 0.5) is 14.9 Å². The van der Waals surface area contributed by atoms with E-state index in [0.29, 0.717) is 30.6 Å². The van der Waals surface area contributed by atoms with E-state index >= 15 is 0 Å². The second-order valence-electron chi connectivity index (χ2n) is 12.5. The van der Waals surface area contributed by atoms with Crippen LogP contribution in [0.1, 0.15) is 41.6 Å². The molecule has 0 radical (unpaired) electrons. The third-order valence-electron chi connectivity index (χ3n) is 9.62. The lowest BCUT2D eigenvalue weighted by Gasteiger charge is -2.33. The van der Waals surface area contributed by atoms with Crippen LogP contribution < -0.4 is 10.2 Å². The number of halogens is 1. The number of hydrogen-bond acceptors (Lipinski definition) is 5. The van der Waals surface area contributed by atoms with Gasteiger partial charge in [0.15, 0.2) is 5.82 Å². The fourth-order valence-corrected chi connectivity index (χ4v) is 6.92. The zero-order valence-corrected chi connectivity index (χ0v) is 25.3. The van der Waals surface area contributed by atoms with E-state index < -0.39 is 18.8 Å². The van der Waals surface area contributed by atoms with Crippen LogP contribution in [0.2, 0.25) is 0 Å². The first kappa shape index (κ1) is 28.6. The standard InChI is InChI=1S/C33H39FN6O4/c1-37-29-13-21-7-10-39(19-23(17-34)35-33(42)43)32(41)26(21)16-27(29)36-31(37)30-14-22-5-6-24(38-11-8-25(44-2)9-12-38)15-28(22)40(30)18-20-3-4-20/h5-6,13-16,20,23,25,35H,3-4,7-12,17-19H2,1-2H3,(H,42,43). The number of rotatable bonds is 9. The van der Waals surface area contributed by atoms with Crippen LogP contribution >= 0.6 is 0 Å². The number of nitrogens with one attached hydrogen (secondary N) is 1. The number of aromatic nitrogens is 3. The van der Waals surface area contributed by atoms with Crippen molar-refractivity contribution in [1.29, 1.82) is 0 Å². The Morgan fingerprint density at radius 1 is 1.11 bits per heavy atom. The molecule has 1 atom stereocenters. The van der Waals surface area contributed by atoms with Crippen molar-refractivity contribution in [3.05, 3.63) is 47.5 Å². The van der Waals surface area contributed by atoms with Gasteiger partial charge in [-0.2, -0.15) is 0 Å². The van der Waals surface area contributed by atoms with E-state index in [1.54, 1.807) is 7.11 Å². The number of ether oxygens (including phenoxy) is 1. The molecule has 3 aliphatic rings. The van der Waals surface area contributed by atoms with E-state index in [4.69, 9.17) is 14.8 Å². The van der Waals surface area contributed by atoms with Crippen molar-refractivity contribution in [2.75, 3.05) is 44.9 Å². The summed E-state index contributed by atoms with van der Waals surface area (Å²) < 4.78 is 23.6. The van der Waals surface area contributed by atoms with Crippen molar-refractivity contribution in [2.24, 2.45) is 13.0 Å². The van der Waals surface area contributed by atoms with Gasteiger partial charge in [-0.05, 0) is 73.9 Å². The molecule has 2 N–H and O–H groups in total. The van der Waals surface area contributed by atoms with E-state index in [9.17, 15) is 14.0 Å². The molecule has 232 valence electrons. The van der Waals surface area contributed by atoms with Crippen molar-refractivity contribution < 1.29 is 23.8 Å². The number of amides is 2. The van der Waals surface area contributed by atoms with E-state index in [2.05, 4.69) is 43.6 Å². The molecule has 2 aromatic heterocycles. The predicted molar refractivity (Wildman–Crippen MR) is 167 cm³/mol. The Labute approximate surface area is 255 Å². The Hall–Kier alpha value is -4.12. The zero-order valence-electron chi connectivity index (χ0n) is 25.3. The summed E-state index contributed by atoms with van der Waals surface area (Å²) in [4.78, 5) is 33.5. The van der Waals surface area contributed by atoms with Gasteiger partial charge >= 0.3 is 6.09 Å². The molecule has 2 aromatic carbocycles. The van der Waals surface area contributed by atoms with Crippen LogP contribution in [0.15, 0.2) is 36.4 Å². The first-order chi connectivity index (χ1) is 21.3. The summed E-state index contributed by atoms with van der Waals surface area (Å²) in [6.45, 7) is 2.42. The fraction of sp³-hybridized carbons (Fsp3) is 0.485. The summed E-state index contributed by atoms with van der Waals surface area (Å²) in [6.07, 6.45) is 4.18. The summed E-state index contributed by atoms with van der Waals surface area (Å²) in [5.41, 5.74) is 6.68. The lowest BCUT2D eigenvalue weighted by atomic mass is 9.97. The van der Waals surface area contributed by atoms with Crippen molar-refractivity contribution in [3.63, 3.8) is 0 Å². The van der Waals surface area contributed by atoms with E-state index in [0.717, 1.165) is 60.6 Å². The first-order valence-electron chi connectivity index (χ1n) is 15.6. The highest BCUT2D eigenvalue weighted by Gasteiger charge is 2.30. The summed E-state index contributed by atoms with van der Waals surface area (Å²) in [7, 11) is 3.83. The molecule has 11 heteroatoms. The lowest BCUT2D eigenvalue weighted by Crippen LogP contribution is -2.48. The Kier molecular flexibility index (Phi) is 7.44. The molecular formula is C33H39FN6O4. The molecule has 0 bridgehead atoms. The Balaban J connectivity index is 1.23. The maximum Gasteiger partial charge on any atom is 0.405 e. The van der Waals surface area contributed by atoms with Gasteiger partial charge in [0, 0.05) is 63.5 Å². The van der Waals surface area contributed by atoms with Crippen molar-refractivity contribution in [3.8, 4) is 11.5 Å². The van der Waals surface area contributed by atoms with E-state index in [-0.39, 0.29) is 12.5 Å². The van der Waals surface area contributed by atoms with Crippen LogP contribution in [0.5, 0.6) is 0 Å². The number of piperidine rings is 1. The van der Waals surface area contributed by atoms with Gasteiger partial charge in [0.25, 0.3) is 5.91 Å². The van der Waals surface area contributed by atoms with E-state index in [1.807, 2.05) is 19.2 Å². The van der Waals surface area contributed by atoms with Crippen molar-refractivity contribution >= 4 is 39.6 Å². The SMILES string of the molecule is COC1CCN(c2ccc3cc(-c4nc5cc6c(cc5n4C)CCN(CC(CF)NC(=O)O)C6=O)n(CC4CC4)c3c2)CC1. The molecule has 1 saturated heterocycles. The largest absolute Gasteiger partial charge is 0.465 e. The van der Waals surface area contributed by atoms with Crippen LogP contribution in [-0.2, 0) is 24.8 Å². The van der Waals surface area contributed by atoms with Crippen LogP contribution in [0.3, 0.4) is 0 Å². The zero-order chi connectivity index (χ0) is 30.5. The summed E-state index contributed by atoms with van der Waals surface area (Å²) in [5.74, 6) is 1.30. The van der Waals surface area contributed by atoms with Crippen LogP contribution in [-0.4, -0.2) is 88.2 Å². The highest BCUT2D eigenvalue weighted by atomic mass is 19.1. The molecule has 4 aromatic rings. The highest BCUT2D eigenvalue weighted by molar-refractivity contribution is 6.01. The molecule has 10 nitrogen and oxygen atoms in total. The number of imidazole rings is 1. The quantitative estimate of drug-likeness (QED) is 0.285. The third-order valence-corrected chi connectivity index (χ3v) is 9.62. The Morgan fingerprint density at radius 2 is 1.91 bits per heavy atom. The molecule has 1 saturated carbocycles. The van der Waals surface area contributed by atoms with Gasteiger partial charge in [-0.3, -0.25) is 4.79 Å². The molecule has 4 heterocycles. The molecule has 0 spiro atoms. The average molecular weight is 603 g/mol. The van der Waals surface area contributed by atoms with Gasteiger partial charge < -0.3 is 34.1 Å². The number of fused-ring (bicyclic) bond motifs is 3. The van der Waals surface area contributed by atoms with Gasteiger partial charge in [0.2, 0.25) is 0 Å². The molecule has 7 rings (SSSR count). The number of carbonyl (C=O) groups excluding carboxylic acids is 1. The summed E-state index contributed by atoms with van der Waals surface area (Å²) in [5, 5.41) is 12.4. The first-order valence-corrected chi connectivity index (χ1v) is 15.6. The lowest BCUT2D eigenvalue weighted by molar-refractivity contribution is 0.0714. The third kappa shape index (κ3) is 5.27. The number of nitrogens with zero attached hydrogens (tertiary/aromatic N) is 5. The predicted octanol–water partition coefficient (Wildman–Crippen LogP) is 4.82. The number of methoxy groups -OCH3 is 1. The van der Waals surface area contributed by atoms with Crippen LogP contribution in [0.25, 0.3) is 33.5 Å².